The van der Waals surface area contributed by atoms with Crippen molar-refractivity contribution in [3.8, 4) is 0 Å². The van der Waals surface area contributed by atoms with Crippen molar-refractivity contribution in [2.45, 2.75) is 37.9 Å². The lowest BCUT2D eigenvalue weighted by Crippen LogP contribution is -2.31. The van der Waals surface area contributed by atoms with Gasteiger partial charge in [0.2, 0.25) is 0 Å². The Labute approximate surface area is 145 Å². The molecule has 0 radical (unpaired) electrons. The quantitative estimate of drug-likeness (QED) is 0.807. The first-order valence-electron chi connectivity index (χ1n) is 8.10. The van der Waals surface area contributed by atoms with Gasteiger partial charge in [-0.3, -0.25) is 0 Å². The fourth-order valence-corrected chi connectivity index (χ4v) is 3.67. The number of halogens is 1. The Kier molecular flexibility index (Phi) is 5.51. The van der Waals surface area contributed by atoms with E-state index in [1.54, 1.807) is 0 Å². The molecule has 2 aromatic rings. The van der Waals surface area contributed by atoms with Gasteiger partial charge in [0.05, 0.1) is 5.60 Å². The zero-order chi connectivity index (χ0) is 15.6. The molecule has 0 fully saturated rings. The molecule has 124 valence electrons. The minimum Gasteiger partial charge on any atom is -0.355 e. The number of rotatable bonds is 5. The van der Waals surface area contributed by atoms with Crippen LogP contribution in [0.3, 0.4) is 0 Å². The lowest BCUT2D eigenvalue weighted by molar-refractivity contribution is -0.107. The van der Waals surface area contributed by atoms with Crippen molar-refractivity contribution in [3.63, 3.8) is 0 Å². The summed E-state index contributed by atoms with van der Waals surface area (Å²) in [6, 6.07) is 19.3. The van der Waals surface area contributed by atoms with Gasteiger partial charge in [-0.2, -0.15) is 0 Å². The third-order valence-electron chi connectivity index (χ3n) is 4.64. The molecule has 1 aliphatic heterocycles. The number of nitrogens with one attached hydrogen (secondary N) is 1. The molecule has 1 heterocycles. The van der Waals surface area contributed by atoms with Crippen LogP contribution in [0.5, 0.6) is 0 Å². The second-order valence-corrected chi connectivity index (χ2v) is 6.56. The van der Waals surface area contributed by atoms with Gasteiger partial charge in [0, 0.05) is 0 Å². The molecule has 1 unspecified atom stereocenters. The Morgan fingerprint density at radius 1 is 0.913 bits per heavy atom. The predicted molar refractivity (Wildman–Crippen MR) is 98.2 cm³/mol. The maximum atomic E-state index is 6.71. The van der Waals surface area contributed by atoms with Crippen LogP contribution in [0.2, 0.25) is 0 Å². The van der Waals surface area contributed by atoms with Gasteiger partial charge in [0.25, 0.3) is 0 Å². The largest absolute Gasteiger partial charge is 0.355 e. The van der Waals surface area contributed by atoms with Crippen LogP contribution < -0.4 is 5.32 Å². The minimum atomic E-state index is -0.335. The van der Waals surface area contributed by atoms with Crippen molar-refractivity contribution in [1.29, 1.82) is 0 Å². The van der Waals surface area contributed by atoms with Crippen LogP contribution in [0.1, 0.15) is 43.4 Å². The van der Waals surface area contributed by atoms with Crippen molar-refractivity contribution < 1.29 is 4.74 Å². The van der Waals surface area contributed by atoms with Crippen LogP contribution in [0, 0.1) is 0 Å². The Morgan fingerprint density at radius 2 is 1.52 bits per heavy atom. The number of ether oxygens (including phenoxy) is 1. The number of hydrogen-bond donors (Lipinski definition) is 1. The monoisotopic (exact) mass is 331 g/mol. The van der Waals surface area contributed by atoms with E-state index >= 15 is 0 Å². The normalized spacial score (nSPS) is 21.5. The van der Waals surface area contributed by atoms with Gasteiger partial charge < -0.3 is 10.1 Å². The Morgan fingerprint density at radius 3 is 2.17 bits per heavy atom. The fraction of sp³-hybridized carbons (Fsp3) is 0.400. The molecule has 2 nitrogen and oxygen atoms in total. The maximum Gasteiger partial charge on any atom is 0.120 e. The van der Waals surface area contributed by atoms with Crippen LogP contribution in [-0.2, 0) is 15.9 Å². The average Bonchev–Trinajstić information content (AvgIpc) is 2.78. The lowest BCUT2D eigenvalue weighted by atomic mass is 9.81. The van der Waals surface area contributed by atoms with Crippen LogP contribution in [-0.4, -0.2) is 13.6 Å². The highest BCUT2D eigenvalue weighted by atomic mass is 35.5. The molecule has 1 atom stereocenters. The molecular formula is C20H26ClNO. The molecule has 0 aromatic heterocycles. The van der Waals surface area contributed by atoms with Gasteiger partial charge in [-0.1, -0.05) is 54.6 Å². The molecule has 0 amide bonds. The Hall–Kier alpha value is -1.35. The SMILES string of the molecule is CNCCCC1(c2ccccc2)OC(C)(C)c2ccccc21.Cl. The molecule has 1 N–H and O–H groups in total. The van der Waals surface area contributed by atoms with Crippen molar-refractivity contribution in [3.05, 3.63) is 71.3 Å². The molecule has 3 heteroatoms. The van der Waals surface area contributed by atoms with Crippen LogP contribution in [0.4, 0.5) is 0 Å². The molecule has 0 saturated carbocycles. The van der Waals surface area contributed by atoms with Gasteiger partial charge in [0.1, 0.15) is 5.60 Å². The zero-order valence-electron chi connectivity index (χ0n) is 14.1. The smallest absolute Gasteiger partial charge is 0.120 e. The second-order valence-electron chi connectivity index (χ2n) is 6.56. The molecule has 1 aliphatic rings. The fourth-order valence-electron chi connectivity index (χ4n) is 3.67. The first-order valence-corrected chi connectivity index (χ1v) is 8.10. The van der Waals surface area contributed by atoms with E-state index in [9.17, 15) is 0 Å². The summed E-state index contributed by atoms with van der Waals surface area (Å²) in [7, 11) is 2.00. The summed E-state index contributed by atoms with van der Waals surface area (Å²) >= 11 is 0. The van der Waals surface area contributed by atoms with E-state index in [0.717, 1.165) is 19.4 Å². The average molecular weight is 332 g/mol. The second kappa shape index (κ2) is 7.04. The molecule has 0 aliphatic carbocycles. The molecule has 0 spiro atoms. The first kappa shape index (κ1) is 18.0. The number of hydrogen-bond acceptors (Lipinski definition) is 2. The summed E-state index contributed by atoms with van der Waals surface area (Å²) < 4.78 is 6.71. The summed E-state index contributed by atoms with van der Waals surface area (Å²) in [5.41, 5.74) is 3.29. The van der Waals surface area contributed by atoms with Crippen molar-refractivity contribution in [2.75, 3.05) is 13.6 Å². The minimum absolute atomic E-state index is 0. The van der Waals surface area contributed by atoms with Gasteiger partial charge >= 0.3 is 0 Å². The standard InChI is InChI=1S/C20H25NO.ClH/c1-19(2)17-12-7-8-13-18(17)20(22-19,14-9-15-21-3)16-10-5-4-6-11-16;/h4-8,10-13,21H,9,14-15H2,1-3H3;1H. The summed E-state index contributed by atoms with van der Waals surface area (Å²) in [5.74, 6) is 0. The highest BCUT2D eigenvalue weighted by Crippen LogP contribution is 2.52. The van der Waals surface area contributed by atoms with Gasteiger partial charge in [-0.05, 0) is 57.0 Å². The molecule has 0 bridgehead atoms. The highest BCUT2D eigenvalue weighted by Gasteiger charge is 2.49. The maximum absolute atomic E-state index is 6.71. The molecule has 23 heavy (non-hydrogen) atoms. The summed E-state index contributed by atoms with van der Waals surface area (Å²) in [5, 5.41) is 3.25. The van der Waals surface area contributed by atoms with Gasteiger partial charge in [-0.15, -0.1) is 12.4 Å². The van der Waals surface area contributed by atoms with Crippen LogP contribution in [0.25, 0.3) is 0 Å². The molecular weight excluding hydrogens is 306 g/mol. The zero-order valence-corrected chi connectivity index (χ0v) is 15.0. The molecule has 0 saturated heterocycles. The lowest BCUT2D eigenvalue weighted by Gasteiger charge is -2.33. The van der Waals surface area contributed by atoms with Crippen molar-refractivity contribution in [2.24, 2.45) is 0 Å². The predicted octanol–water partition coefficient (Wildman–Crippen LogP) is 4.62. The molecule has 2 aromatic carbocycles. The summed E-state index contributed by atoms with van der Waals surface area (Å²) in [6.45, 7) is 5.35. The number of benzene rings is 2. The Balaban J connectivity index is 0.00000192. The topological polar surface area (TPSA) is 21.3 Å². The van der Waals surface area contributed by atoms with E-state index in [-0.39, 0.29) is 23.6 Å². The summed E-state index contributed by atoms with van der Waals surface area (Å²) in [6.07, 6.45) is 2.06. The summed E-state index contributed by atoms with van der Waals surface area (Å²) in [4.78, 5) is 0. The van der Waals surface area contributed by atoms with E-state index in [0.29, 0.717) is 0 Å². The third-order valence-corrected chi connectivity index (χ3v) is 4.64. The molecule has 3 rings (SSSR count). The van der Waals surface area contributed by atoms with E-state index < -0.39 is 0 Å². The third kappa shape index (κ3) is 3.16. The van der Waals surface area contributed by atoms with E-state index in [2.05, 4.69) is 73.8 Å². The van der Waals surface area contributed by atoms with E-state index in [1.165, 1.54) is 16.7 Å². The van der Waals surface area contributed by atoms with Crippen molar-refractivity contribution >= 4 is 12.4 Å². The Bertz CT molecular complexity index is 641. The van der Waals surface area contributed by atoms with Gasteiger partial charge in [-0.25, -0.2) is 0 Å². The van der Waals surface area contributed by atoms with E-state index in [4.69, 9.17) is 4.74 Å². The van der Waals surface area contributed by atoms with Crippen LogP contribution in [0.15, 0.2) is 54.6 Å². The number of fused-ring (bicyclic) bond motifs is 1. The van der Waals surface area contributed by atoms with E-state index in [1.807, 2.05) is 7.05 Å². The van der Waals surface area contributed by atoms with Gasteiger partial charge in [0.15, 0.2) is 0 Å². The highest BCUT2D eigenvalue weighted by molar-refractivity contribution is 5.85. The first-order chi connectivity index (χ1) is 10.6. The van der Waals surface area contributed by atoms with Crippen molar-refractivity contribution in [1.82, 2.24) is 5.32 Å². The van der Waals surface area contributed by atoms with Crippen LogP contribution >= 0.6 is 12.4 Å².